The van der Waals surface area contributed by atoms with E-state index in [4.69, 9.17) is 14.4 Å². The van der Waals surface area contributed by atoms with Gasteiger partial charge in [0.2, 0.25) is 5.71 Å². The van der Waals surface area contributed by atoms with Crippen LogP contribution in [-0.4, -0.2) is 27.6 Å². The molecular formula is C42H46IrN4OSi-2. The molecule has 0 saturated carbocycles. The van der Waals surface area contributed by atoms with Gasteiger partial charge in [0.15, 0.2) is 0 Å². The summed E-state index contributed by atoms with van der Waals surface area (Å²) in [5.74, 6) is 1.52. The molecule has 7 rings (SSSR count). The predicted octanol–water partition coefficient (Wildman–Crippen LogP) is 10.2. The molecule has 0 unspecified atom stereocenters. The maximum Gasteiger partial charge on any atom is 0.216 e. The average Bonchev–Trinajstić information content (AvgIpc) is 3.59. The number of rotatable bonds is 5. The summed E-state index contributed by atoms with van der Waals surface area (Å²) in [6.45, 7) is 20.3. The van der Waals surface area contributed by atoms with Gasteiger partial charge in [0.05, 0.1) is 30.5 Å². The van der Waals surface area contributed by atoms with Crippen LogP contribution in [-0.2, 0) is 39.0 Å². The maximum absolute atomic E-state index is 6.31. The smallest absolute Gasteiger partial charge is 0.216 e. The summed E-state index contributed by atoms with van der Waals surface area (Å²) >= 11 is 0. The van der Waals surface area contributed by atoms with Gasteiger partial charge in [0.25, 0.3) is 0 Å². The second kappa shape index (κ2) is 14.1. The Morgan fingerprint density at radius 2 is 1.67 bits per heavy atom. The van der Waals surface area contributed by atoms with Gasteiger partial charge in [-0.2, -0.15) is 0 Å². The summed E-state index contributed by atoms with van der Waals surface area (Å²) in [6, 6.07) is 31.4. The Bertz CT molecular complexity index is 2240. The van der Waals surface area contributed by atoms with Crippen LogP contribution in [0.3, 0.4) is 0 Å². The third-order valence-electron chi connectivity index (χ3n) is 8.80. The third kappa shape index (κ3) is 7.50. The summed E-state index contributed by atoms with van der Waals surface area (Å²) in [7, 11) is 0.689. The Morgan fingerprint density at radius 1 is 0.939 bits per heavy atom. The van der Waals surface area contributed by atoms with Crippen molar-refractivity contribution in [2.45, 2.75) is 73.0 Å². The fraction of sp³-hybridized carbons (Fsp3) is 0.310. The van der Waals surface area contributed by atoms with E-state index >= 15 is 0 Å². The zero-order chi connectivity index (χ0) is 34.4. The largest absolute Gasteiger partial charge is 0.486 e. The van der Waals surface area contributed by atoms with Crippen LogP contribution < -0.4 is 5.19 Å². The van der Waals surface area contributed by atoms with E-state index < -0.39 is 8.07 Å². The number of furan rings is 1. The number of para-hydroxylation sites is 2. The fourth-order valence-electron chi connectivity index (χ4n) is 6.30. The molecular weight excluding hydrogens is 797 g/mol. The normalized spacial score (nSPS) is 12.0. The minimum absolute atomic E-state index is 0. The number of benzene rings is 3. The second-order valence-electron chi connectivity index (χ2n) is 15.3. The molecule has 0 aliphatic heterocycles. The van der Waals surface area contributed by atoms with Crippen LogP contribution in [0.1, 0.15) is 51.4 Å². The van der Waals surface area contributed by atoms with Gasteiger partial charge in [0, 0.05) is 49.8 Å². The third-order valence-corrected chi connectivity index (χ3v) is 10.9. The van der Waals surface area contributed by atoms with Gasteiger partial charge in [-0.1, -0.05) is 95.9 Å². The molecule has 0 bridgehead atoms. The van der Waals surface area contributed by atoms with Crippen molar-refractivity contribution in [1.29, 1.82) is 0 Å². The van der Waals surface area contributed by atoms with Crippen molar-refractivity contribution in [3.63, 3.8) is 0 Å². The van der Waals surface area contributed by atoms with Gasteiger partial charge >= 0.3 is 0 Å². The van der Waals surface area contributed by atoms with Crippen molar-refractivity contribution >= 4 is 46.4 Å². The van der Waals surface area contributed by atoms with E-state index in [1.165, 1.54) is 10.8 Å². The Morgan fingerprint density at radius 3 is 2.33 bits per heavy atom. The first-order valence-corrected chi connectivity index (χ1v) is 20.4. The molecule has 0 N–H and O–H groups in total. The van der Waals surface area contributed by atoms with E-state index in [2.05, 4.69) is 119 Å². The first kappa shape index (κ1) is 36.4. The van der Waals surface area contributed by atoms with Gasteiger partial charge in [0.1, 0.15) is 0 Å². The van der Waals surface area contributed by atoms with E-state index in [9.17, 15) is 0 Å². The van der Waals surface area contributed by atoms with Crippen molar-refractivity contribution in [2.24, 2.45) is 13.0 Å². The quantitative estimate of drug-likeness (QED) is 0.128. The molecule has 0 aliphatic carbocycles. The molecule has 0 amide bonds. The number of aromatic nitrogens is 4. The standard InChI is InChI=1S/C24H22N3O.C18H24NSi.Ir/c1-14-10-11-16(22-25-17-8-6-7-9-18(17)27(22)5)21-20(14)15-12-13-19(24(2,3)4)26-23(15)28-21;1-14(2)11-16-12-17(15-9-7-6-8-10-15)19-13-18(16)20(3,4)5;/h6-10,12-13H,1-5H3;6-9,12-14H,11H2,1-5H3;/q2*-1;. The minimum atomic E-state index is -1.34. The minimum Gasteiger partial charge on any atom is -0.486 e. The topological polar surface area (TPSA) is 56.7 Å². The van der Waals surface area contributed by atoms with Gasteiger partial charge in [-0.15, -0.1) is 53.6 Å². The zero-order valence-corrected chi connectivity index (χ0v) is 33.7. The van der Waals surface area contributed by atoms with E-state index in [1.807, 2.05) is 49.5 Å². The van der Waals surface area contributed by atoms with E-state index in [1.54, 1.807) is 0 Å². The fourth-order valence-corrected chi connectivity index (χ4v) is 7.89. The first-order valence-electron chi connectivity index (χ1n) is 16.9. The van der Waals surface area contributed by atoms with Crippen molar-refractivity contribution < 1.29 is 24.5 Å². The number of hydrogen-bond donors (Lipinski definition) is 0. The average molecular weight is 843 g/mol. The summed E-state index contributed by atoms with van der Waals surface area (Å²) in [5, 5.41) is 3.61. The Labute approximate surface area is 305 Å². The molecule has 4 aromatic heterocycles. The molecule has 5 nitrogen and oxygen atoms in total. The van der Waals surface area contributed by atoms with Crippen LogP contribution in [0.4, 0.5) is 0 Å². The zero-order valence-electron chi connectivity index (χ0n) is 30.3. The van der Waals surface area contributed by atoms with Crippen LogP contribution >= 0.6 is 0 Å². The Balaban J connectivity index is 0.000000199. The molecule has 0 saturated heterocycles. The second-order valence-corrected chi connectivity index (χ2v) is 20.3. The number of fused-ring (bicyclic) bond motifs is 4. The number of aryl methyl sites for hydroxylation is 2. The van der Waals surface area contributed by atoms with Crippen LogP contribution in [0.15, 0.2) is 83.4 Å². The van der Waals surface area contributed by atoms with Crippen molar-refractivity contribution in [3.8, 4) is 22.6 Å². The Hall–Kier alpha value is -3.90. The number of nitrogens with zero attached hydrogens (tertiary/aromatic N) is 4. The monoisotopic (exact) mass is 843 g/mol. The number of imidazole rings is 1. The molecule has 7 heteroatoms. The van der Waals surface area contributed by atoms with Gasteiger partial charge < -0.3 is 14.0 Å². The molecule has 0 aliphatic rings. The maximum atomic E-state index is 6.31. The molecule has 4 heterocycles. The summed E-state index contributed by atoms with van der Waals surface area (Å²) in [6.07, 6.45) is 3.24. The van der Waals surface area contributed by atoms with Crippen LogP contribution in [0.5, 0.6) is 0 Å². The number of hydrogen-bond acceptors (Lipinski definition) is 4. The molecule has 7 aromatic rings. The van der Waals surface area contributed by atoms with Gasteiger partial charge in [-0.3, -0.25) is 4.98 Å². The van der Waals surface area contributed by atoms with Crippen molar-refractivity contribution in [1.82, 2.24) is 19.5 Å². The van der Waals surface area contributed by atoms with Gasteiger partial charge in [-0.05, 0) is 47.5 Å². The van der Waals surface area contributed by atoms with Crippen LogP contribution in [0.2, 0.25) is 19.6 Å². The number of pyridine rings is 2. The summed E-state index contributed by atoms with van der Waals surface area (Å²) in [4.78, 5) is 14.3. The molecule has 3 aromatic carbocycles. The molecule has 0 spiro atoms. The van der Waals surface area contributed by atoms with Crippen LogP contribution in [0, 0.1) is 25.0 Å². The van der Waals surface area contributed by atoms with Gasteiger partial charge in [-0.25, -0.2) is 4.98 Å². The molecule has 255 valence electrons. The molecule has 0 fully saturated rings. The van der Waals surface area contributed by atoms with Crippen LogP contribution in [0.25, 0.3) is 55.7 Å². The van der Waals surface area contributed by atoms with E-state index in [-0.39, 0.29) is 25.5 Å². The van der Waals surface area contributed by atoms with Crippen molar-refractivity contribution in [2.75, 3.05) is 0 Å². The Kier molecular flexibility index (Phi) is 10.5. The first-order chi connectivity index (χ1) is 22.7. The SMILES string of the molecule is CC(C)Cc1cc(-c2[c-]cccc2)ncc1[Si](C)(C)C.Cc1c[c-]c(-c2nc3ccccc3n2C)c2oc3nc(C(C)(C)C)ccc3c12.[Ir]. The summed E-state index contributed by atoms with van der Waals surface area (Å²) in [5.41, 5.74) is 10.1. The van der Waals surface area contributed by atoms with Crippen molar-refractivity contribution in [3.05, 3.63) is 108 Å². The van der Waals surface area contributed by atoms with E-state index in [0.29, 0.717) is 11.6 Å². The molecule has 1 radical (unpaired) electrons. The van der Waals surface area contributed by atoms with E-state index in [0.717, 1.165) is 67.7 Å². The molecule has 0 atom stereocenters. The summed E-state index contributed by atoms with van der Waals surface area (Å²) < 4.78 is 8.40. The predicted molar refractivity (Wildman–Crippen MR) is 204 cm³/mol. The molecule has 49 heavy (non-hydrogen) atoms.